The van der Waals surface area contributed by atoms with Gasteiger partial charge in [-0.1, -0.05) is 23.2 Å². The van der Waals surface area contributed by atoms with Crippen molar-refractivity contribution < 1.29 is 14.7 Å². The minimum Gasteiger partial charge on any atom is -0.478 e. The number of carbonyl (C=O) groups excluding carboxylic acids is 1. The van der Waals surface area contributed by atoms with Gasteiger partial charge in [-0.05, 0) is 29.7 Å². The van der Waals surface area contributed by atoms with Crippen LogP contribution in [0, 0.1) is 0 Å². The predicted molar refractivity (Wildman–Crippen MR) is 108 cm³/mol. The summed E-state index contributed by atoms with van der Waals surface area (Å²) in [7, 11) is 1.70. The number of fused-ring (bicyclic) bond motifs is 1. The fourth-order valence-corrected chi connectivity index (χ4v) is 3.86. The van der Waals surface area contributed by atoms with E-state index < -0.39 is 5.97 Å². The number of hydrogen-bond donors (Lipinski definition) is 2. The molecule has 3 rings (SSSR count). The van der Waals surface area contributed by atoms with Gasteiger partial charge in [0, 0.05) is 34.7 Å². The van der Waals surface area contributed by atoms with E-state index >= 15 is 0 Å². The van der Waals surface area contributed by atoms with Crippen LogP contribution in [0.1, 0.15) is 15.4 Å². The van der Waals surface area contributed by atoms with Crippen molar-refractivity contribution in [2.24, 2.45) is 0 Å². The van der Waals surface area contributed by atoms with Crippen LogP contribution in [0.3, 0.4) is 0 Å². The summed E-state index contributed by atoms with van der Waals surface area (Å²) in [6, 6.07) is 6.24. The summed E-state index contributed by atoms with van der Waals surface area (Å²) in [6.07, 6.45) is 1.68. The van der Waals surface area contributed by atoms with Crippen molar-refractivity contribution in [3.05, 3.63) is 56.5 Å². The molecule has 2 aromatic carbocycles. The highest BCUT2D eigenvalue weighted by atomic mass is 35.5. The molecule has 140 valence electrons. The summed E-state index contributed by atoms with van der Waals surface area (Å²) < 4.78 is 0. The highest BCUT2D eigenvalue weighted by molar-refractivity contribution is 7.09. The maximum Gasteiger partial charge on any atom is 0.335 e. The van der Waals surface area contributed by atoms with E-state index in [2.05, 4.69) is 10.3 Å². The van der Waals surface area contributed by atoms with Gasteiger partial charge in [0.05, 0.1) is 23.7 Å². The summed E-state index contributed by atoms with van der Waals surface area (Å²) in [4.78, 5) is 29.5. The topological polar surface area (TPSA) is 82.5 Å². The Kier molecular flexibility index (Phi) is 5.84. The summed E-state index contributed by atoms with van der Waals surface area (Å²) >= 11 is 13.8. The number of thiazole rings is 1. The molecular formula is C18H15Cl2N3O3S. The van der Waals surface area contributed by atoms with Crippen molar-refractivity contribution in [1.29, 1.82) is 0 Å². The molecule has 0 radical (unpaired) electrons. The number of aromatic carboxylic acids is 1. The molecule has 1 amide bonds. The lowest BCUT2D eigenvalue weighted by molar-refractivity contribution is -0.119. The van der Waals surface area contributed by atoms with Crippen LogP contribution in [0.15, 0.2) is 35.8 Å². The number of hydrogen-bond acceptors (Lipinski definition) is 5. The summed E-state index contributed by atoms with van der Waals surface area (Å²) in [6.45, 7) is 0.374. The van der Waals surface area contributed by atoms with Crippen molar-refractivity contribution in [1.82, 2.24) is 10.3 Å². The second kappa shape index (κ2) is 8.12. The van der Waals surface area contributed by atoms with Crippen LogP contribution in [0.4, 0.5) is 5.69 Å². The zero-order valence-corrected chi connectivity index (χ0v) is 16.5. The van der Waals surface area contributed by atoms with Crippen LogP contribution in [0.2, 0.25) is 10.0 Å². The molecule has 2 N–H and O–H groups in total. The van der Waals surface area contributed by atoms with Crippen LogP contribution >= 0.6 is 34.5 Å². The van der Waals surface area contributed by atoms with Gasteiger partial charge in [-0.15, -0.1) is 11.3 Å². The fraction of sp³-hybridized carbons (Fsp3) is 0.167. The molecule has 6 nitrogen and oxygen atoms in total. The Bertz CT molecular complexity index is 1010. The van der Waals surface area contributed by atoms with Crippen molar-refractivity contribution in [2.75, 3.05) is 18.5 Å². The molecule has 0 atom stereocenters. The molecule has 0 saturated heterocycles. The van der Waals surface area contributed by atoms with Gasteiger partial charge in [0.15, 0.2) is 0 Å². The minimum atomic E-state index is -1.07. The second-order valence-electron chi connectivity index (χ2n) is 5.84. The number of amides is 1. The van der Waals surface area contributed by atoms with E-state index in [0.717, 1.165) is 5.01 Å². The van der Waals surface area contributed by atoms with Gasteiger partial charge in [-0.25, -0.2) is 9.78 Å². The van der Waals surface area contributed by atoms with Crippen molar-refractivity contribution in [3.8, 4) is 0 Å². The van der Waals surface area contributed by atoms with Gasteiger partial charge in [0.25, 0.3) is 0 Å². The number of anilines is 1. The fourth-order valence-electron chi connectivity index (χ4n) is 2.70. The number of nitrogens with zero attached hydrogens (tertiary/aromatic N) is 2. The third-order valence-electron chi connectivity index (χ3n) is 3.90. The number of carboxylic acid groups (broad SMARTS) is 1. The average molecular weight is 424 g/mol. The first-order valence-corrected chi connectivity index (χ1v) is 9.51. The van der Waals surface area contributed by atoms with Gasteiger partial charge < -0.3 is 15.3 Å². The molecule has 27 heavy (non-hydrogen) atoms. The number of aromatic nitrogens is 1. The van der Waals surface area contributed by atoms with Crippen LogP contribution < -0.4 is 10.2 Å². The van der Waals surface area contributed by atoms with Gasteiger partial charge in [-0.2, -0.15) is 0 Å². The molecule has 0 aliphatic carbocycles. The first-order chi connectivity index (χ1) is 12.8. The van der Waals surface area contributed by atoms with Crippen LogP contribution in [0.25, 0.3) is 10.8 Å². The maximum absolute atomic E-state index is 12.3. The normalized spacial score (nSPS) is 10.8. The van der Waals surface area contributed by atoms with Gasteiger partial charge >= 0.3 is 5.97 Å². The molecule has 1 aromatic heterocycles. The highest BCUT2D eigenvalue weighted by Gasteiger charge is 2.17. The molecule has 3 aromatic rings. The summed E-state index contributed by atoms with van der Waals surface area (Å²) in [5.74, 6) is -1.29. The Morgan fingerprint density at radius 1 is 1.26 bits per heavy atom. The maximum atomic E-state index is 12.3. The van der Waals surface area contributed by atoms with E-state index in [0.29, 0.717) is 33.0 Å². The molecule has 9 heteroatoms. The number of likely N-dealkylation sites (N-methyl/N-ethyl adjacent to an activating group) is 1. The van der Waals surface area contributed by atoms with E-state index in [9.17, 15) is 14.7 Å². The van der Waals surface area contributed by atoms with Crippen LogP contribution in [-0.2, 0) is 11.3 Å². The Hall–Kier alpha value is -2.35. The van der Waals surface area contributed by atoms with E-state index in [1.807, 2.05) is 5.38 Å². The van der Waals surface area contributed by atoms with Gasteiger partial charge in [0.1, 0.15) is 5.01 Å². The standard InChI is InChI=1S/C18H15Cl2N3O3S/c1-23(9-15(24)22-8-16-21-2-3-27-16)14-6-11(18(25)26)4-10-5-12(19)7-13(20)17(10)14/h2-7H,8-9H2,1H3,(H,22,24)(H,25,26). The zero-order chi connectivity index (χ0) is 19.6. The predicted octanol–water partition coefficient (Wildman–Crippen LogP) is 4.05. The van der Waals surface area contributed by atoms with Crippen molar-refractivity contribution in [3.63, 3.8) is 0 Å². The zero-order valence-electron chi connectivity index (χ0n) is 14.2. The van der Waals surface area contributed by atoms with Crippen LogP contribution in [0.5, 0.6) is 0 Å². The Balaban J connectivity index is 1.89. The first-order valence-electron chi connectivity index (χ1n) is 7.87. The van der Waals surface area contributed by atoms with Crippen LogP contribution in [-0.4, -0.2) is 35.6 Å². The molecule has 1 heterocycles. The molecule has 0 unspecified atom stereocenters. The number of carboxylic acids is 1. The third-order valence-corrected chi connectivity index (χ3v) is 5.20. The number of carbonyl (C=O) groups is 2. The van der Waals surface area contributed by atoms with E-state index in [-0.39, 0.29) is 18.0 Å². The van der Waals surface area contributed by atoms with Crippen molar-refractivity contribution in [2.45, 2.75) is 6.54 Å². The highest BCUT2D eigenvalue weighted by Crippen LogP contribution is 2.36. The lowest BCUT2D eigenvalue weighted by atomic mass is 10.0. The quantitative estimate of drug-likeness (QED) is 0.624. The Morgan fingerprint density at radius 3 is 2.70 bits per heavy atom. The first kappa shape index (κ1) is 19.4. The molecule has 0 saturated carbocycles. The average Bonchev–Trinajstić information content (AvgIpc) is 3.12. The Labute approximate surface area is 169 Å². The third kappa shape index (κ3) is 4.50. The SMILES string of the molecule is CN(CC(=O)NCc1nccs1)c1cc(C(=O)O)cc2cc(Cl)cc(Cl)c12. The van der Waals surface area contributed by atoms with E-state index in [4.69, 9.17) is 23.2 Å². The lowest BCUT2D eigenvalue weighted by Gasteiger charge is -2.22. The molecule has 0 spiro atoms. The number of halogens is 2. The molecule has 0 aliphatic heterocycles. The largest absolute Gasteiger partial charge is 0.478 e. The Morgan fingerprint density at radius 2 is 2.04 bits per heavy atom. The van der Waals surface area contributed by atoms with E-state index in [1.165, 1.54) is 23.5 Å². The van der Waals surface area contributed by atoms with E-state index in [1.54, 1.807) is 30.3 Å². The number of rotatable bonds is 6. The number of benzene rings is 2. The molecule has 0 bridgehead atoms. The second-order valence-corrected chi connectivity index (χ2v) is 7.67. The molecule has 0 fully saturated rings. The molecular weight excluding hydrogens is 409 g/mol. The van der Waals surface area contributed by atoms with Gasteiger partial charge in [-0.3, -0.25) is 4.79 Å². The summed E-state index contributed by atoms with van der Waals surface area (Å²) in [5.41, 5.74) is 0.627. The monoisotopic (exact) mass is 423 g/mol. The minimum absolute atomic E-state index is 0.0303. The smallest absolute Gasteiger partial charge is 0.335 e. The number of nitrogens with one attached hydrogen (secondary N) is 1. The van der Waals surface area contributed by atoms with Crippen molar-refractivity contribution >= 4 is 62.9 Å². The lowest BCUT2D eigenvalue weighted by Crippen LogP contribution is -2.35. The molecule has 0 aliphatic rings. The summed E-state index contributed by atoms with van der Waals surface area (Å²) in [5, 5.41) is 16.9. The van der Waals surface area contributed by atoms with Gasteiger partial charge in [0.2, 0.25) is 5.91 Å².